The van der Waals surface area contributed by atoms with Gasteiger partial charge in [0, 0.05) is 12.0 Å². The van der Waals surface area contributed by atoms with Gasteiger partial charge in [-0.2, -0.15) is 13.2 Å². The number of hydrogen-bond acceptors (Lipinski definition) is 3. The molecule has 2 unspecified atom stereocenters. The van der Waals surface area contributed by atoms with Crippen molar-refractivity contribution in [2.24, 2.45) is 5.92 Å². The summed E-state index contributed by atoms with van der Waals surface area (Å²) in [5.41, 5.74) is 2.77. The summed E-state index contributed by atoms with van der Waals surface area (Å²) in [7, 11) is -3.02. The Morgan fingerprint density at radius 2 is 1.56 bits per heavy atom. The molecule has 0 saturated heterocycles. The second-order valence-electron chi connectivity index (χ2n) is 10.9. The first kappa shape index (κ1) is 31.2. The second kappa shape index (κ2) is 13.9. The molecule has 0 heterocycles. The smallest absolute Gasteiger partial charge is 0.313 e. The topological polar surface area (TPSA) is 58.2 Å². The number of benzene rings is 3. The average Bonchev–Trinajstić information content (AvgIpc) is 2.97. The van der Waals surface area contributed by atoms with E-state index in [0.717, 1.165) is 57.0 Å². The van der Waals surface area contributed by atoms with Crippen LogP contribution in [-0.4, -0.2) is 28.1 Å². The number of nitrogens with one attached hydrogen (secondary N) is 2. The van der Waals surface area contributed by atoms with Crippen LogP contribution in [0.5, 0.6) is 0 Å². The third kappa shape index (κ3) is 8.40. The monoisotopic (exact) mass is 590 g/mol. The molecule has 41 heavy (non-hydrogen) atoms. The Bertz CT molecular complexity index is 1370. The molecule has 2 atom stereocenters. The highest BCUT2D eigenvalue weighted by atomic mass is 32.2. The van der Waals surface area contributed by atoms with Crippen LogP contribution < -0.4 is 10.0 Å². The predicted molar refractivity (Wildman–Crippen MR) is 154 cm³/mol. The highest BCUT2D eigenvalue weighted by Gasteiger charge is 2.36. The van der Waals surface area contributed by atoms with Crippen molar-refractivity contribution < 1.29 is 26.0 Å². The Balaban J connectivity index is 0.000000221. The van der Waals surface area contributed by atoms with Gasteiger partial charge in [-0.05, 0) is 92.6 Å². The van der Waals surface area contributed by atoms with Crippen molar-refractivity contribution in [1.29, 1.82) is 0 Å². The minimum atomic E-state index is -4.68. The Kier molecular flexibility index (Phi) is 10.6. The van der Waals surface area contributed by atoms with Gasteiger partial charge in [0.25, 0.3) is 0 Å². The predicted octanol–water partition coefficient (Wildman–Crippen LogP) is 7.25. The van der Waals surface area contributed by atoms with Crippen LogP contribution in [0.3, 0.4) is 0 Å². The third-order valence-corrected chi connectivity index (χ3v) is 9.63. The van der Waals surface area contributed by atoms with Gasteiger partial charge in [-0.25, -0.2) is 17.5 Å². The zero-order chi connectivity index (χ0) is 29.5. The number of rotatable bonds is 7. The Morgan fingerprint density at radius 1 is 0.878 bits per heavy atom. The summed E-state index contributed by atoms with van der Waals surface area (Å²) < 4.78 is 75.3. The zero-order valence-corrected chi connectivity index (χ0v) is 24.1. The Morgan fingerprint density at radius 3 is 2.24 bits per heavy atom. The van der Waals surface area contributed by atoms with E-state index < -0.39 is 26.7 Å². The normalized spacial score (nSPS) is 19.6. The van der Waals surface area contributed by atoms with Crippen molar-refractivity contribution in [3.8, 4) is 0 Å². The van der Waals surface area contributed by atoms with Crippen molar-refractivity contribution in [2.75, 3.05) is 13.6 Å². The second-order valence-corrected chi connectivity index (χ2v) is 12.8. The summed E-state index contributed by atoms with van der Waals surface area (Å²) >= 11 is 0. The molecule has 0 spiro atoms. The lowest BCUT2D eigenvalue weighted by Gasteiger charge is -2.36. The lowest BCUT2D eigenvalue weighted by Crippen LogP contribution is -2.41. The molecule has 2 N–H and O–H groups in total. The average molecular weight is 591 g/mol. The van der Waals surface area contributed by atoms with E-state index in [2.05, 4.69) is 35.6 Å². The van der Waals surface area contributed by atoms with Gasteiger partial charge >= 0.3 is 6.18 Å². The fourth-order valence-corrected chi connectivity index (χ4v) is 6.95. The van der Waals surface area contributed by atoms with Crippen molar-refractivity contribution in [1.82, 2.24) is 10.0 Å². The van der Waals surface area contributed by atoms with Crippen molar-refractivity contribution in [3.63, 3.8) is 0 Å². The zero-order valence-electron chi connectivity index (χ0n) is 23.3. The van der Waals surface area contributed by atoms with Crippen molar-refractivity contribution in [3.05, 3.63) is 101 Å². The number of sulfonamides is 1. The molecule has 2 aliphatic rings. The quantitative estimate of drug-likeness (QED) is 0.285. The summed E-state index contributed by atoms with van der Waals surface area (Å²) in [6, 6.07) is 20.7. The number of fused-ring (bicyclic) bond motifs is 1. The van der Waals surface area contributed by atoms with Gasteiger partial charge < -0.3 is 5.32 Å². The molecule has 9 heteroatoms. The van der Waals surface area contributed by atoms with E-state index in [1.807, 2.05) is 10.8 Å². The van der Waals surface area contributed by atoms with E-state index in [1.165, 1.54) is 54.9 Å². The number of hydrogen-bond donors (Lipinski definition) is 2. The van der Waals surface area contributed by atoms with E-state index in [-0.39, 0.29) is 5.82 Å². The highest BCUT2D eigenvalue weighted by Crippen LogP contribution is 2.36. The maximum Gasteiger partial charge on any atom is 0.417 e. The third-order valence-electron chi connectivity index (χ3n) is 8.16. The van der Waals surface area contributed by atoms with Gasteiger partial charge in [0.1, 0.15) is 5.82 Å². The molecule has 0 bridgehead atoms. The molecule has 0 aromatic heterocycles. The number of alkyl halides is 3. The maximum absolute atomic E-state index is 13.7. The Labute approximate surface area is 240 Å². The van der Waals surface area contributed by atoms with Crippen LogP contribution in [0, 0.1) is 11.7 Å². The fraction of sp³-hybridized carbons (Fsp3) is 0.438. The van der Waals surface area contributed by atoms with Crippen LogP contribution in [-0.2, 0) is 29.0 Å². The summed E-state index contributed by atoms with van der Waals surface area (Å²) in [5, 5.41) is 3.92. The molecule has 1 saturated carbocycles. The molecule has 222 valence electrons. The molecule has 3 aromatic rings. The van der Waals surface area contributed by atoms with Gasteiger partial charge in [-0.1, -0.05) is 67.8 Å². The molecule has 5 rings (SSSR count). The van der Waals surface area contributed by atoms with Crippen LogP contribution in [0.15, 0.2) is 77.7 Å². The van der Waals surface area contributed by atoms with Crippen LogP contribution in [0.2, 0.25) is 0 Å². The van der Waals surface area contributed by atoms with Gasteiger partial charge in [-0.3, -0.25) is 0 Å². The molecule has 2 aliphatic carbocycles. The fourth-order valence-electron chi connectivity index (χ4n) is 6.00. The summed E-state index contributed by atoms with van der Waals surface area (Å²) in [5.74, 6) is 1.18. The first-order valence-electron chi connectivity index (χ1n) is 14.2. The maximum atomic E-state index is 13.7. The summed E-state index contributed by atoms with van der Waals surface area (Å²) in [6.07, 6.45) is 5.41. The molecule has 3 aromatic carbocycles. The minimum Gasteiger partial charge on any atom is -0.313 e. The first-order chi connectivity index (χ1) is 19.6. The minimum absolute atomic E-state index is 0.101. The molecule has 1 fully saturated rings. The van der Waals surface area contributed by atoms with Crippen LogP contribution >= 0.6 is 0 Å². The molecular weight excluding hydrogens is 552 g/mol. The molecular formula is C32H38F4N2O2S. The van der Waals surface area contributed by atoms with Crippen LogP contribution in [0.25, 0.3) is 0 Å². The lowest BCUT2D eigenvalue weighted by atomic mass is 9.76. The van der Waals surface area contributed by atoms with Crippen LogP contribution in [0.4, 0.5) is 17.6 Å². The van der Waals surface area contributed by atoms with Gasteiger partial charge in [0.05, 0.1) is 10.5 Å². The number of aryl methyl sites for hydroxylation is 1. The lowest BCUT2D eigenvalue weighted by molar-refractivity contribution is -0.139. The summed E-state index contributed by atoms with van der Waals surface area (Å²) in [4.78, 5) is -0.764. The first-order valence-corrected chi connectivity index (χ1v) is 15.7. The van der Waals surface area contributed by atoms with Gasteiger partial charge in [-0.15, -0.1) is 0 Å². The molecule has 0 radical (unpaired) electrons. The molecule has 0 amide bonds. The highest BCUT2D eigenvalue weighted by molar-refractivity contribution is 7.89. The van der Waals surface area contributed by atoms with Crippen LogP contribution in [0.1, 0.15) is 66.7 Å². The van der Waals surface area contributed by atoms with E-state index >= 15 is 0 Å². The van der Waals surface area contributed by atoms with Crippen molar-refractivity contribution in [2.45, 2.75) is 74.4 Å². The molecule has 4 nitrogen and oxygen atoms in total. The Hall–Kier alpha value is -2.75. The van der Waals surface area contributed by atoms with Gasteiger partial charge in [0.2, 0.25) is 10.0 Å². The standard InChI is InChI=1S/C24H30FN.C8H8F3NO2S/c25-21-12-13-22-20(16-21)11-14-24(26-17-19-9-5-2-6-10-19)23(22)15-18-7-3-1-4-8-18;1-12-15(13,14)7-5-3-2-4-6(7)8(9,10)11/h1,3-4,7-8,12-13,16,19,23-24,26H,2,5-6,9-11,14-15,17H2;2-5,12H,1H3. The van der Waals surface area contributed by atoms with E-state index in [9.17, 15) is 26.0 Å². The SMILES string of the molecule is CNS(=O)(=O)c1ccccc1C(F)(F)F.Fc1ccc2c(c1)CCC(NCC1CCCCC1)C2Cc1ccccc1. The largest absolute Gasteiger partial charge is 0.417 e. The molecule has 0 aliphatic heterocycles. The van der Waals surface area contributed by atoms with Gasteiger partial charge in [0.15, 0.2) is 0 Å². The van der Waals surface area contributed by atoms with E-state index in [1.54, 1.807) is 12.1 Å². The summed E-state index contributed by atoms with van der Waals surface area (Å²) in [6.45, 7) is 1.15. The van der Waals surface area contributed by atoms with E-state index in [4.69, 9.17) is 0 Å². The van der Waals surface area contributed by atoms with E-state index in [0.29, 0.717) is 12.0 Å². The number of halogens is 4. The van der Waals surface area contributed by atoms with Crippen molar-refractivity contribution >= 4 is 10.0 Å².